The third-order valence-electron chi connectivity index (χ3n) is 4.12. The number of furan rings is 1. The minimum Gasteiger partial charge on any atom is -0.497 e. The number of ether oxygens (including phenoxy) is 1. The Hall–Kier alpha value is -2.95. The molecular formula is C19H17N3O5S2. The molecule has 150 valence electrons. The second-order valence-corrected chi connectivity index (χ2v) is 8.89. The van der Waals surface area contributed by atoms with E-state index < -0.39 is 10.0 Å². The zero-order chi connectivity index (χ0) is 20.3. The standard InChI is InChI=1S/C19H17N3O5S2/c1-25-14-6-8-16(9-7-14)29(23,24)22(12-15-4-2-10-26-15)13-18-20-21-19(27-18)17-5-3-11-28-17/h2-11H,12-13H2,1H3. The average molecular weight is 431 g/mol. The smallest absolute Gasteiger partial charge is 0.257 e. The van der Waals surface area contributed by atoms with Crippen molar-refractivity contribution in [3.63, 3.8) is 0 Å². The van der Waals surface area contributed by atoms with E-state index in [0.29, 0.717) is 17.4 Å². The number of hydrogen-bond donors (Lipinski definition) is 0. The van der Waals surface area contributed by atoms with Crippen molar-refractivity contribution in [2.24, 2.45) is 0 Å². The topological polar surface area (TPSA) is 98.7 Å². The molecule has 3 heterocycles. The fourth-order valence-corrected chi connectivity index (χ4v) is 4.67. The minimum atomic E-state index is -3.85. The molecule has 1 aromatic carbocycles. The van der Waals surface area contributed by atoms with Gasteiger partial charge in [0, 0.05) is 0 Å². The molecule has 0 amide bonds. The van der Waals surface area contributed by atoms with E-state index in [1.165, 1.54) is 41.1 Å². The molecule has 0 spiro atoms. The van der Waals surface area contributed by atoms with E-state index in [1.807, 2.05) is 17.5 Å². The van der Waals surface area contributed by atoms with E-state index in [0.717, 1.165) is 4.88 Å². The third-order valence-corrected chi connectivity index (χ3v) is 6.78. The monoisotopic (exact) mass is 431 g/mol. The van der Waals surface area contributed by atoms with Crippen molar-refractivity contribution < 1.29 is 22.0 Å². The summed E-state index contributed by atoms with van der Waals surface area (Å²) in [6.07, 6.45) is 1.50. The number of benzene rings is 1. The summed E-state index contributed by atoms with van der Waals surface area (Å²) < 4.78 is 43.9. The second kappa shape index (κ2) is 8.19. The van der Waals surface area contributed by atoms with Crippen LogP contribution in [0.3, 0.4) is 0 Å². The van der Waals surface area contributed by atoms with Crippen molar-refractivity contribution in [1.29, 1.82) is 0 Å². The first kappa shape index (κ1) is 19.4. The van der Waals surface area contributed by atoms with Crippen molar-refractivity contribution in [2.45, 2.75) is 18.0 Å². The minimum absolute atomic E-state index is 0.0259. The molecule has 0 aliphatic carbocycles. The lowest BCUT2D eigenvalue weighted by atomic mass is 10.3. The molecule has 8 nitrogen and oxygen atoms in total. The number of thiophene rings is 1. The first-order chi connectivity index (χ1) is 14.1. The summed E-state index contributed by atoms with van der Waals surface area (Å²) in [7, 11) is -2.33. The normalized spacial score (nSPS) is 11.8. The summed E-state index contributed by atoms with van der Waals surface area (Å²) in [5, 5.41) is 9.93. The highest BCUT2D eigenvalue weighted by Crippen LogP contribution is 2.26. The van der Waals surface area contributed by atoms with Gasteiger partial charge in [-0.1, -0.05) is 6.07 Å². The van der Waals surface area contributed by atoms with Crippen LogP contribution in [0.15, 0.2) is 73.9 Å². The summed E-state index contributed by atoms with van der Waals surface area (Å²) in [4.78, 5) is 0.946. The molecule has 3 aromatic heterocycles. The van der Waals surface area contributed by atoms with Crippen molar-refractivity contribution in [2.75, 3.05) is 7.11 Å². The quantitative estimate of drug-likeness (QED) is 0.418. The van der Waals surface area contributed by atoms with Crippen LogP contribution in [0.25, 0.3) is 10.8 Å². The largest absolute Gasteiger partial charge is 0.497 e. The molecule has 0 radical (unpaired) electrons. The Bertz CT molecular complexity index is 1150. The van der Waals surface area contributed by atoms with Gasteiger partial charge in [-0.05, 0) is 47.8 Å². The molecule has 10 heteroatoms. The SMILES string of the molecule is COc1ccc(S(=O)(=O)N(Cc2ccco2)Cc2nnc(-c3cccs3)o2)cc1. The van der Waals surface area contributed by atoms with Crippen LogP contribution in [0.1, 0.15) is 11.7 Å². The predicted octanol–water partition coefficient (Wildman–Crippen LogP) is 3.79. The maximum Gasteiger partial charge on any atom is 0.257 e. The van der Waals surface area contributed by atoms with Crippen LogP contribution in [0.2, 0.25) is 0 Å². The van der Waals surface area contributed by atoms with Crippen molar-refractivity contribution in [1.82, 2.24) is 14.5 Å². The van der Waals surface area contributed by atoms with Gasteiger partial charge in [-0.2, -0.15) is 4.31 Å². The lowest BCUT2D eigenvalue weighted by Crippen LogP contribution is -2.30. The zero-order valence-corrected chi connectivity index (χ0v) is 17.0. The van der Waals surface area contributed by atoms with E-state index in [-0.39, 0.29) is 23.9 Å². The van der Waals surface area contributed by atoms with E-state index in [4.69, 9.17) is 13.6 Å². The van der Waals surface area contributed by atoms with Gasteiger partial charge in [0.1, 0.15) is 11.5 Å². The number of methoxy groups -OCH3 is 1. The number of rotatable bonds is 8. The van der Waals surface area contributed by atoms with Gasteiger partial charge >= 0.3 is 0 Å². The van der Waals surface area contributed by atoms with Crippen molar-refractivity contribution in [3.05, 3.63) is 71.8 Å². The highest BCUT2D eigenvalue weighted by atomic mass is 32.2. The van der Waals surface area contributed by atoms with E-state index >= 15 is 0 Å². The molecule has 29 heavy (non-hydrogen) atoms. The van der Waals surface area contributed by atoms with Gasteiger partial charge in [0.25, 0.3) is 5.89 Å². The summed E-state index contributed by atoms with van der Waals surface area (Å²) in [6, 6.07) is 13.3. The van der Waals surface area contributed by atoms with Crippen LogP contribution in [-0.4, -0.2) is 30.0 Å². The van der Waals surface area contributed by atoms with E-state index in [9.17, 15) is 8.42 Å². The van der Waals surface area contributed by atoms with Crippen LogP contribution in [0.4, 0.5) is 0 Å². The summed E-state index contributed by atoms with van der Waals surface area (Å²) >= 11 is 1.46. The Morgan fingerprint density at radius 1 is 1.07 bits per heavy atom. The molecular weight excluding hydrogens is 414 g/mol. The summed E-state index contributed by atoms with van der Waals surface area (Å²) in [6.45, 7) is -0.0640. The maximum absolute atomic E-state index is 13.3. The number of nitrogens with zero attached hydrogens (tertiary/aromatic N) is 3. The van der Waals surface area contributed by atoms with Gasteiger partial charge < -0.3 is 13.6 Å². The first-order valence-corrected chi connectivity index (χ1v) is 10.9. The molecule has 0 atom stereocenters. The third kappa shape index (κ3) is 4.24. The molecule has 0 N–H and O–H groups in total. The number of aromatic nitrogens is 2. The zero-order valence-electron chi connectivity index (χ0n) is 15.4. The first-order valence-electron chi connectivity index (χ1n) is 8.59. The Morgan fingerprint density at radius 3 is 2.55 bits per heavy atom. The molecule has 0 saturated carbocycles. The van der Waals surface area contributed by atoms with Crippen molar-refractivity contribution >= 4 is 21.4 Å². The average Bonchev–Trinajstić information content (AvgIpc) is 3.49. The highest BCUT2D eigenvalue weighted by molar-refractivity contribution is 7.89. The predicted molar refractivity (Wildman–Crippen MR) is 106 cm³/mol. The highest BCUT2D eigenvalue weighted by Gasteiger charge is 2.28. The second-order valence-electron chi connectivity index (χ2n) is 6.01. The van der Waals surface area contributed by atoms with Crippen LogP contribution in [0, 0.1) is 0 Å². The molecule has 0 saturated heterocycles. The molecule has 0 unspecified atom stereocenters. The number of hydrogen-bond acceptors (Lipinski definition) is 8. The van der Waals surface area contributed by atoms with Gasteiger partial charge in [0.2, 0.25) is 15.9 Å². The Labute approximate surface area is 171 Å². The van der Waals surface area contributed by atoms with Crippen LogP contribution >= 0.6 is 11.3 Å². The Balaban J connectivity index is 1.64. The molecule has 4 aromatic rings. The van der Waals surface area contributed by atoms with Gasteiger partial charge in [0.05, 0.1) is 36.2 Å². The number of sulfonamides is 1. The molecule has 0 bridgehead atoms. The van der Waals surface area contributed by atoms with Gasteiger partial charge in [0.15, 0.2) is 0 Å². The lowest BCUT2D eigenvalue weighted by molar-refractivity contribution is 0.326. The molecule has 0 fully saturated rings. The molecule has 4 rings (SSSR count). The summed E-state index contributed by atoms with van der Waals surface area (Å²) in [5.41, 5.74) is 0. The Kier molecular flexibility index (Phi) is 5.47. The van der Waals surface area contributed by atoms with Crippen LogP contribution in [0.5, 0.6) is 5.75 Å². The van der Waals surface area contributed by atoms with E-state index in [2.05, 4.69) is 10.2 Å². The molecule has 0 aliphatic heterocycles. The van der Waals surface area contributed by atoms with Gasteiger partial charge in [-0.15, -0.1) is 21.5 Å². The van der Waals surface area contributed by atoms with Crippen LogP contribution in [-0.2, 0) is 23.1 Å². The Morgan fingerprint density at radius 2 is 1.90 bits per heavy atom. The van der Waals surface area contributed by atoms with Gasteiger partial charge in [-0.25, -0.2) is 8.42 Å². The fourth-order valence-electron chi connectivity index (χ4n) is 2.67. The van der Waals surface area contributed by atoms with E-state index in [1.54, 1.807) is 24.3 Å². The summed E-state index contributed by atoms with van der Waals surface area (Å²) in [5.74, 6) is 1.62. The van der Waals surface area contributed by atoms with Gasteiger partial charge in [-0.3, -0.25) is 0 Å². The molecule has 0 aliphatic rings. The van der Waals surface area contributed by atoms with Crippen molar-refractivity contribution in [3.8, 4) is 16.5 Å². The van der Waals surface area contributed by atoms with Crippen LogP contribution < -0.4 is 4.74 Å². The fraction of sp³-hybridized carbons (Fsp3) is 0.158. The maximum atomic E-state index is 13.3. The lowest BCUT2D eigenvalue weighted by Gasteiger charge is -2.19.